The van der Waals surface area contributed by atoms with Gasteiger partial charge in [-0.15, -0.1) is 0 Å². The minimum absolute atomic E-state index is 0.470. The lowest BCUT2D eigenvalue weighted by atomic mass is 10.1. The molecule has 0 aromatic carbocycles. The monoisotopic (exact) mass is 200 g/mol. The first kappa shape index (κ1) is 12.0. The van der Waals surface area contributed by atoms with Crippen molar-refractivity contribution < 1.29 is 4.74 Å². The van der Waals surface area contributed by atoms with Crippen LogP contribution in [0.1, 0.15) is 26.2 Å². The van der Waals surface area contributed by atoms with Gasteiger partial charge in [-0.05, 0) is 40.3 Å². The van der Waals surface area contributed by atoms with Gasteiger partial charge in [-0.2, -0.15) is 0 Å². The Balaban J connectivity index is 2.14. The summed E-state index contributed by atoms with van der Waals surface area (Å²) in [4.78, 5) is 2.36. The number of ether oxygens (including phenoxy) is 1. The Labute approximate surface area is 87.8 Å². The standard InChI is InChI=1S/C11H24N2O/c1-10(12-2)8-13(3)9-11-6-4-5-7-14-11/h10-12H,4-9H2,1-3H3. The molecule has 1 aliphatic heterocycles. The summed E-state index contributed by atoms with van der Waals surface area (Å²) < 4.78 is 5.70. The average Bonchev–Trinajstić information content (AvgIpc) is 2.19. The molecule has 0 amide bonds. The fourth-order valence-corrected chi connectivity index (χ4v) is 1.93. The Morgan fingerprint density at radius 3 is 2.86 bits per heavy atom. The fourth-order valence-electron chi connectivity index (χ4n) is 1.93. The van der Waals surface area contributed by atoms with E-state index in [-0.39, 0.29) is 0 Å². The first-order valence-corrected chi connectivity index (χ1v) is 5.69. The van der Waals surface area contributed by atoms with E-state index in [9.17, 15) is 0 Å². The molecule has 0 saturated carbocycles. The highest BCUT2D eigenvalue weighted by Gasteiger charge is 2.16. The number of hydrogen-bond acceptors (Lipinski definition) is 3. The molecule has 1 fully saturated rings. The van der Waals surface area contributed by atoms with Gasteiger partial charge in [0.05, 0.1) is 6.10 Å². The highest BCUT2D eigenvalue weighted by molar-refractivity contribution is 4.70. The van der Waals surface area contributed by atoms with Crippen molar-refractivity contribution in [2.45, 2.75) is 38.3 Å². The van der Waals surface area contributed by atoms with E-state index < -0.39 is 0 Å². The first-order chi connectivity index (χ1) is 6.72. The number of rotatable bonds is 5. The molecular weight excluding hydrogens is 176 g/mol. The maximum atomic E-state index is 5.70. The van der Waals surface area contributed by atoms with Gasteiger partial charge in [-0.25, -0.2) is 0 Å². The van der Waals surface area contributed by atoms with Crippen LogP contribution in [0.4, 0.5) is 0 Å². The van der Waals surface area contributed by atoms with Gasteiger partial charge in [0, 0.05) is 25.7 Å². The summed E-state index contributed by atoms with van der Waals surface area (Å²) in [6, 6.07) is 0.559. The molecule has 1 rings (SSSR count). The van der Waals surface area contributed by atoms with E-state index in [4.69, 9.17) is 4.74 Å². The molecule has 2 atom stereocenters. The van der Waals surface area contributed by atoms with Crippen LogP contribution in [0, 0.1) is 0 Å². The summed E-state index contributed by atoms with van der Waals surface area (Å²) in [6.45, 7) is 5.33. The Hall–Kier alpha value is -0.120. The molecule has 1 saturated heterocycles. The third-order valence-electron chi connectivity index (χ3n) is 2.87. The van der Waals surface area contributed by atoms with Crippen molar-refractivity contribution in [3.8, 4) is 0 Å². The Morgan fingerprint density at radius 2 is 2.29 bits per heavy atom. The van der Waals surface area contributed by atoms with Crippen molar-refractivity contribution in [1.82, 2.24) is 10.2 Å². The number of hydrogen-bond donors (Lipinski definition) is 1. The van der Waals surface area contributed by atoms with E-state index in [1.807, 2.05) is 7.05 Å². The Morgan fingerprint density at radius 1 is 1.50 bits per heavy atom. The molecular formula is C11H24N2O. The van der Waals surface area contributed by atoms with E-state index in [0.717, 1.165) is 19.7 Å². The van der Waals surface area contributed by atoms with E-state index in [2.05, 4.69) is 24.2 Å². The van der Waals surface area contributed by atoms with E-state index in [1.54, 1.807) is 0 Å². The van der Waals surface area contributed by atoms with E-state index >= 15 is 0 Å². The van der Waals surface area contributed by atoms with Gasteiger partial charge in [-0.1, -0.05) is 0 Å². The minimum Gasteiger partial charge on any atom is -0.377 e. The van der Waals surface area contributed by atoms with Crippen LogP contribution in [0.25, 0.3) is 0 Å². The van der Waals surface area contributed by atoms with Crippen molar-refractivity contribution in [2.75, 3.05) is 33.8 Å². The zero-order chi connectivity index (χ0) is 10.4. The van der Waals surface area contributed by atoms with Crippen LogP contribution in [0.15, 0.2) is 0 Å². The quantitative estimate of drug-likeness (QED) is 0.719. The lowest BCUT2D eigenvalue weighted by Crippen LogP contribution is -2.40. The first-order valence-electron chi connectivity index (χ1n) is 5.69. The van der Waals surface area contributed by atoms with Crippen LogP contribution in [0.5, 0.6) is 0 Å². The molecule has 0 spiro atoms. The number of likely N-dealkylation sites (N-methyl/N-ethyl adjacent to an activating group) is 2. The normalized spacial score (nSPS) is 25.3. The van der Waals surface area contributed by atoms with Crippen molar-refractivity contribution in [1.29, 1.82) is 0 Å². The van der Waals surface area contributed by atoms with Gasteiger partial charge >= 0.3 is 0 Å². The third-order valence-corrected chi connectivity index (χ3v) is 2.87. The van der Waals surface area contributed by atoms with Gasteiger partial charge < -0.3 is 15.0 Å². The van der Waals surface area contributed by atoms with Crippen molar-refractivity contribution in [2.24, 2.45) is 0 Å². The van der Waals surface area contributed by atoms with Crippen molar-refractivity contribution in [3.05, 3.63) is 0 Å². The average molecular weight is 200 g/mol. The molecule has 0 aromatic heterocycles. The predicted molar refractivity (Wildman–Crippen MR) is 59.6 cm³/mol. The second-order valence-electron chi connectivity index (χ2n) is 4.40. The number of nitrogens with zero attached hydrogens (tertiary/aromatic N) is 1. The summed E-state index contributed by atoms with van der Waals surface area (Å²) in [5.74, 6) is 0. The second-order valence-corrected chi connectivity index (χ2v) is 4.40. The highest BCUT2D eigenvalue weighted by Crippen LogP contribution is 2.13. The smallest absolute Gasteiger partial charge is 0.0701 e. The molecule has 3 heteroatoms. The van der Waals surface area contributed by atoms with Gasteiger partial charge in [0.2, 0.25) is 0 Å². The van der Waals surface area contributed by atoms with Crippen LogP contribution in [-0.4, -0.2) is 50.8 Å². The molecule has 3 nitrogen and oxygen atoms in total. The molecule has 0 bridgehead atoms. The molecule has 14 heavy (non-hydrogen) atoms. The van der Waals surface area contributed by atoms with Gasteiger partial charge in [0.25, 0.3) is 0 Å². The predicted octanol–water partition coefficient (Wildman–Crippen LogP) is 1.10. The van der Waals surface area contributed by atoms with Crippen molar-refractivity contribution >= 4 is 0 Å². The summed E-state index contributed by atoms with van der Waals surface area (Å²) >= 11 is 0. The molecule has 84 valence electrons. The SMILES string of the molecule is CNC(C)CN(C)CC1CCCCO1. The summed E-state index contributed by atoms with van der Waals surface area (Å²) in [7, 11) is 4.18. The van der Waals surface area contributed by atoms with Crippen LogP contribution >= 0.6 is 0 Å². The van der Waals surface area contributed by atoms with Gasteiger partial charge in [0.1, 0.15) is 0 Å². The fraction of sp³-hybridized carbons (Fsp3) is 1.00. The third kappa shape index (κ3) is 4.40. The zero-order valence-corrected chi connectivity index (χ0v) is 9.75. The molecule has 0 aliphatic carbocycles. The summed E-state index contributed by atoms with van der Waals surface area (Å²) in [6.07, 6.45) is 4.28. The molecule has 1 heterocycles. The van der Waals surface area contributed by atoms with Crippen molar-refractivity contribution in [3.63, 3.8) is 0 Å². The Bertz CT molecular complexity index is 146. The molecule has 1 N–H and O–H groups in total. The number of nitrogens with one attached hydrogen (secondary N) is 1. The highest BCUT2D eigenvalue weighted by atomic mass is 16.5. The largest absolute Gasteiger partial charge is 0.377 e. The van der Waals surface area contributed by atoms with Gasteiger partial charge in [0.15, 0.2) is 0 Å². The van der Waals surface area contributed by atoms with Crippen LogP contribution < -0.4 is 5.32 Å². The van der Waals surface area contributed by atoms with Crippen LogP contribution in [0.3, 0.4) is 0 Å². The Kier molecular flexibility index (Phi) is 5.45. The minimum atomic E-state index is 0.470. The summed E-state index contributed by atoms with van der Waals surface area (Å²) in [5, 5.41) is 3.25. The van der Waals surface area contributed by atoms with E-state index in [0.29, 0.717) is 12.1 Å². The van der Waals surface area contributed by atoms with E-state index in [1.165, 1.54) is 19.3 Å². The second kappa shape index (κ2) is 6.38. The van der Waals surface area contributed by atoms with Gasteiger partial charge in [-0.3, -0.25) is 0 Å². The molecule has 1 aliphatic rings. The maximum Gasteiger partial charge on any atom is 0.0701 e. The zero-order valence-electron chi connectivity index (χ0n) is 9.75. The lowest BCUT2D eigenvalue weighted by Gasteiger charge is -2.28. The lowest BCUT2D eigenvalue weighted by molar-refractivity contribution is -0.00225. The topological polar surface area (TPSA) is 24.5 Å². The molecule has 0 radical (unpaired) electrons. The van der Waals surface area contributed by atoms with Crippen LogP contribution in [0.2, 0.25) is 0 Å². The summed E-state index contributed by atoms with van der Waals surface area (Å²) in [5.41, 5.74) is 0. The molecule has 0 aromatic rings. The molecule has 2 unspecified atom stereocenters. The maximum absolute atomic E-state index is 5.70. The van der Waals surface area contributed by atoms with Crippen LogP contribution in [-0.2, 0) is 4.74 Å².